The molecule has 4 rings (SSSR count). The molecule has 2 aromatic heterocycles. The van der Waals surface area contributed by atoms with Crippen molar-refractivity contribution in [2.45, 2.75) is 19.4 Å². The number of methoxy groups -OCH3 is 1. The van der Waals surface area contributed by atoms with Crippen LogP contribution in [0.5, 0.6) is 5.75 Å². The summed E-state index contributed by atoms with van der Waals surface area (Å²) in [5.74, 6) is 0.839. The van der Waals surface area contributed by atoms with Gasteiger partial charge >= 0.3 is 0 Å². The molecular formula is C21H20N2O3S2. The molecule has 2 heterocycles. The van der Waals surface area contributed by atoms with E-state index in [-0.39, 0.29) is 17.7 Å². The van der Waals surface area contributed by atoms with Gasteiger partial charge in [-0.2, -0.15) is 0 Å². The van der Waals surface area contributed by atoms with Gasteiger partial charge in [-0.25, -0.2) is 0 Å². The maximum atomic E-state index is 13.3. The van der Waals surface area contributed by atoms with Crippen LogP contribution in [0.25, 0.3) is 0 Å². The Morgan fingerprint density at radius 3 is 2.57 bits per heavy atom. The molecule has 2 amide bonds. The molecule has 0 bridgehead atoms. The Morgan fingerprint density at radius 2 is 1.93 bits per heavy atom. The summed E-state index contributed by atoms with van der Waals surface area (Å²) in [7, 11) is 1.62. The topological polar surface area (TPSA) is 58.6 Å². The number of carbonyl (C=O) groups excluding carboxylic acids is 2. The summed E-state index contributed by atoms with van der Waals surface area (Å²) < 4.78 is 5.23. The Labute approximate surface area is 171 Å². The van der Waals surface area contributed by atoms with Gasteiger partial charge in [-0.3, -0.25) is 9.59 Å². The molecule has 1 aromatic carbocycles. The van der Waals surface area contributed by atoms with Crippen molar-refractivity contribution in [3.63, 3.8) is 0 Å². The average molecular weight is 413 g/mol. The van der Waals surface area contributed by atoms with Crippen LogP contribution >= 0.6 is 22.7 Å². The molecule has 0 radical (unpaired) electrons. The minimum absolute atomic E-state index is 0.0476. The summed E-state index contributed by atoms with van der Waals surface area (Å²) in [6.45, 7) is 0.491. The Kier molecular flexibility index (Phi) is 5.45. The lowest BCUT2D eigenvalue weighted by Gasteiger charge is -2.22. The van der Waals surface area contributed by atoms with Gasteiger partial charge in [0.1, 0.15) is 5.75 Å². The second-order valence-electron chi connectivity index (χ2n) is 6.60. The normalized spacial score (nSPS) is 13.2. The minimum Gasteiger partial charge on any atom is -0.497 e. The smallest absolute Gasteiger partial charge is 0.268 e. The van der Waals surface area contributed by atoms with Crippen molar-refractivity contribution in [3.8, 4) is 5.75 Å². The van der Waals surface area contributed by atoms with Crippen molar-refractivity contribution in [1.82, 2.24) is 0 Å². The van der Waals surface area contributed by atoms with Gasteiger partial charge in [-0.1, -0.05) is 6.07 Å². The third kappa shape index (κ3) is 4.26. The molecule has 1 aliphatic carbocycles. The highest BCUT2D eigenvalue weighted by atomic mass is 32.1. The lowest BCUT2D eigenvalue weighted by atomic mass is 10.2. The zero-order chi connectivity index (χ0) is 19.5. The predicted octanol–water partition coefficient (Wildman–Crippen LogP) is 5.01. The van der Waals surface area contributed by atoms with Crippen molar-refractivity contribution < 1.29 is 14.3 Å². The highest BCUT2D eigenvalue weighted by Gasteiger charge is 2.30. The fraction of sp³-hybridized carbons (Fsp3) is 0.238. The first-order valence-corrected chi connectivity index (χ1v) is 10.7. The maximum absolute atomic E-state index is 13.3. The zero-order valence-electron chi connectivity index (χ0n) is 15.4. The summed E-state index contributed by atoms with van der Waals surface area (Å²) in [4.78, 5) is 28.7. The number of carbonyl (C=O) groups is 2. The molecule has 3 aromatic rings. The van der Waals surface area contributed by atoms with Crippen LogP contribution in [-0.2, 0) is 11.3 Å². The van der Waals surface area contributed by atoms with Gasteiger partial charge in [-0.15, -0.1) is 22.7 Å². The van der Waals surface area contributed by atoms with Gasteiger partial charge in [0, 0.05) is 16.5 Å². The standard InChI is InChI=1S/C21H20N2O3S2/c1-26-16-8-6-15(7-9-16)23(13-17-3-2-12-27-17)21(25)18-10-11-19(28-18)22-20(24)14-4-5-14/h2-3,6-12,14H,4-5,13H2,1H3,(H,22,24). The molecule has 0 saturated heterocycles. The second-order valence-corrected chi connectivity index (χ2v) is 8.71. The number of hydrogen-bond acceptors (Lipinski definition) is 5. The number of rotatable bonds is 7. The molecule has 0 spiro atoms. The number of benzene rings is 1. The quantitative estimate of drug-likeness (QED) is 0.593. The average Bonchev–Trinajstić information content (AvgIpc) is 3.25. The summed E-state index contributed by atoms with van der Waals surface area (Å²) >= 11 is 2.93. The Balaban J connectivity index is 1.56. The second kappa shape index (κ2) is 8.16. The van der Waals surface area contributed by atoms with Crippen molar-refractivity contribution in [2.24, 2.45) is 5.92 Å². The van der Waals surface area contributed by atoms with E-state index in [0.29, 0.717) is 16.4 Å². The molecule has 0 unspecified atom stereocenters. The van der Waals surface area contributed by atoms with E-state index in [1.54, 1.807) is 35.5 Å². The van der Waals surface area contributed by atoms with Crippen LogP contribution in [0.4, 0.5) is 10.7 Å². The Hall–Kier alpha value is -2.64. The molecule has 1 aliphatic rings. The van der Waals surface area contributed by atoms with Crippen LogP contribution < -0.4 is 15.0 Å². The molecule has 28 heavy (non-hydrogen) atoms. The van der Waals surface area contributed by atoms with Gasteiger partial charge in [-0.05, 0) is 60.7 Å². The lowest BCUT2D eigenvalue weighted by Crippen LogP contribution is -2.29. The molecule has 1 N–H and O–H groups in total. The molecule has 0 aliphatic heterocycles. The number of nitrogens with one attached hydrogen (secondary N) is 1. The zero-order valence-corrected chi connectivity index (χ0v) is 17.0. The first-order chi connectivity index (χ1) is 13.6. The van der Waals surface area contributed by atoms with Crippen LogP contribution in [0.15, 0.2) is 53.9 Å². The van der Waals surface area contributed by atoms with E-state index >= 15 is 0 Å². The van der Waals surface area contributed by atoms with Gasteiger partial charge in [0.05, 0.1) is 23.5 Å². The fourth-order valence-corrected chi connectivity index (χ4v) is 4.37. The number of nitrogens with zero attached hydrogens (tertiary/aromatic N) is 1. The van der Waals surface area contributed by atoms with Crippen LogP contribution in [-0.4, -0.2) is 18.9 Å². The van der Waals surface area contributed by atoms with Crippen molar-refractivity contribution in [1.29, 1.82) is 0 Å². The van der Waals surface area contributed by atoms with Gasteiger partial charge in [0.15, 0.2) is 0 Å². The number of amides is 2. The summed E-state index contributed by atoms with van der Waals surface area (Å²) in [6.07, 6.45) is 1.91. The lowest BCUT2D eigenvalue weighted by molar-refractivity contribution is -0.117. The molecule has 5 nitrogen and oxygen atoms in total. The molecule has 7 heteroatoms. The van der Waals surface area contributed by atoms with Gasteiger partial charge in [0.25, 0.3) is 5.91 Å². The SMILES string of the molecule is COc1ccc(N(Cc2cccs2)C(=O)c2ccc(NC(=O)C3CC3)s2)cc1. The van der Waals surface area contributed by atoms with E-state index < -0.39 is 0 Å². The molecule has 144 valence electrons. The van der Waals surface area contributed by atoms with Crippen LogP contribution in [0.1, 0.15) is 27.4 Å². The largest absolute Gasteiger partial charge is 0.497 e. The molecular weight excluding hydrogens is 392 g/mol. The van der Waals surface area contributed by atoms with E-state index in [4.69, 9.17) is 4.74 Å². The van der Waals surface area contributed by atoms with Crippen LogP contribution in [0.3, 0.4) is 0 Å². The number of ether oxygens (including phenoxy) is 1. The van der Waals surface area contributed by atoms with Crippen molar-refractivity contribution in [3.05, 3.63) is 63.7 Å². The number of thiophene rings is 2. The first kappa shape index (κ1) is 18.7. The summed E-state index contributed by atoms with van der Waals surface area (Å²) in [5, 5.41) is 5.63. The first-order valence-electron chi connectivity index (χ1n) is 9.03. The van der Waals surface area contributed by atoms with Crippen LogP contribution in [0.2, 0.25) is 0 Å². The Bertz CT molecular complexity index is 960. The Morgan fingerprint density at radius 1 is 1.14 bits per heavy atom. The highest BCUT2D eigenvalue weighted by Crippen LogP contribution is 2.32. The molecule has 1 saturated carbocycles. The fourth-order valence-electron chi connectivity index (χ4n) is 2.82. The highest BCUT2D eigenvalue weighted by molar-refractivity contribution is 7.18. The molecule has 1 fully saturated rings. The van der Waals surface area contributed by atoms with Gasteiger partial charge in [0.2, 0.25) is 5.91 Å². The van der Waals surface area contributed by atoms with Crippen molar-refractivity contribution >= 4 is 45.2 Å². The summed E-state index contributed by atoms with van der Waals surface area (Å²) in [5.41, 5.74) is 0.802. The maximum Gasteiger partial charge on any atom is 0.268 e. The number of hydrogen-bond donors (Lipinski definition) is 1. The van der Waals surface area contributed by atoms with E-state index in [1.807, 2.05) is 41.8 Å². The third-order valence-corrected chi connectivity index (χ3v) is 6.38. The predicted molar refractivity (Wildman–Crippen MR) is 113 cm³/mol. The van der Waals surface area contributed by atoms with E-state index in [9.17, 15) is 9.59 Å². The molecule has 0 atom stereocenters. The third-order valence-electron chi connectivity index (χ3n) is 4.53. The van der Waals surface area contributed by atoms with Crippen molar-refractivity contribution in [2.75, 3.05) is 17.3 Å². The van der Waals surface area contributed by atoms with Crippen LogP contribution in [0, 0.1) is 5.92 Å². The van der Waals surface area contributed by atoms with Gasteiger partial charge < -0.3 is 15.0 Å². The minimum atomic E-state index is -0.0875. The van der Waals surface area contributed by atoms with E-state index in [0.717, 1.165) is 29.2 Å². The monoisotopic (exact) mass is 412 g/mol. The number of anilines is 2. The summed E-state index contributed by atoms with van der Waals surface area (Å²) in [6, 6.07) is 15.0. The van der Waals surface area contributed by atoms with E-state index in [2.05, 4.69) is 5.32 Å². The van der Waals surface area contributed by atoms with E-state index in [1.165, 1.54) is 11.3 Å².